The van der Waals surface area contributed by atoms with E-state index >= 15 is 0 Å². The molecule has 0 aromatic heterocycles. The van der Waals surface area contributed by atoms with Crippen LogP contribution in [0.1, 0.15) is 29.2 Å². The van der Waals surface area contributed by atoms with E-state index in [-0.39, 0.29) is 10.5 Å². The molecule has 0 aliphatic carbocycles. The molecule has 3 rings (SSSR count). The molecule has 3 heteroatoms. The number of nitrogens with two attached hydrogens (primary N) is 2. The highest BCUT2D eigenvalue weighted by molar-refractivity contribution is 8.16. The lowest BCUT2D eigenvalue weighted by atomic mass is 10.00. The Hall–Kier alpha value is -3.04. The summed E-state index contributed by atoms with van der Waals surface area (Å²) in [7, 11) is -0.0789. The van der Waals surface area contributed by atoms with Gasteiger partial charge in [0.1, 0.15) is 0 Å². The van der Waals surface area contributed by atoms with E-state index in [2.05, 4.69) is 78.9 Å². The maximum absolute atomic E-state index is 5.77. The third-order valence-electron chi connectivity index (χ3n) is 4.76. The molecule has 29 heavy (non-hydrogen) atoms. The van der Waals surface area contributed by atoms with Gasteiger partial charge in [-0.1, -0.05) is 60.5 Å². The van der Waals surface area contributed by atoms with Crippen molar-refractivity contribution in [3.63, 3.8) is 0 Å². The first-order valence-corrected chi connectivity index (χ1v) is 11.3. The quantitative estimate of drug-likeness (QED) is 0.279. The predicted molar refractivity (Wildman–Crippen MR) is 132 cm³/mol. The molecule has 0 heterocycles. The van der Waals surface area contributed by atoms with Crippen LogP contribution >= 0.6 is 10.5 Å². The first-order chi connectivity index (χ1) is 14.0. The number of rotatable bonds is 7. The Morgan fingerprint density at radius 1 is 0.793 bits per heavy atom. The minimum Gasteiger partial charge on any atom is -0.399 e. The van der Waals surface area contributed by atoms with Gasteiger partial charge in [-0.3, -0.25) is 0 Å². The maximum atomic E-state index is 5.77. The smallest absolute Gasteiger partial charge is 0.0314 e. The van der Waals surface area contributed by atoms with E-state index in [1.165, 1.54) is 27.8 Å². The second-order valence-corrected chi connectivity index (χ2v) is 8.72. The maximum Gasteiger partial charge on any atom is 0.0314 e. The third kappa shape index (κ3) is 6.23. The Balaban J connectivity index is 1.63. The summed E-state index contributed by atoms with van der Waals surface area (Å²) in [6.07, 6.45) is 5.24. The fourth-order valence-corrected chi connectivity index (χ4v) is 4.15. The van der Waals surface area contributed by atoms with Crippen molar-refractivity contribution in [1.29, 1.82) is 0 Å². The van der Waals surface area contributed by atoms with Gasteiger partial charge in [-0.05, 0) is 76.9 Å². The van der Waals surface area contributed by atoms with Crippen molar-refractivity contribution in [2.75, 3.05) is 11.5 Å². The van der Waals surface area contributed by atoms with E-state index < -0.39 is 0 Å². The lowest BCUT2D eigenvalue weighted by Crippen LogP contribution is -1.90. The van der Waals surface area contributed by atoms with Gasteiger partial charge in [0.05, 0.1) is 0 Å². The molecule has 0 bridgehead atoms. The molecular weight excluding hydrogens is 372 g/mol. The van der Waals surface area contributed by atoms with Gasteiger partial charge in [0.2, 0.25) is 0 Å². The highest BCUT2D eigenvalue weighted by Crippen LogP contribution is 2.24. The normalized spacial score (nSPS) is 12.9. The van der Waals surface area contributed by atoms with Crippen molar-refractivity contribution in [3.05, 3.63) is 113 Å². The van der Waals surface area contributed by atoms with Crippen molar-refractivity contribution in [1.82, 2.24) is 0 Å². The molecule has 0 saturated heterocycles. The Morgan fingerprint density at radius 2 is 1.28 bits per heavy atom. The van der Waals surface area contributed by atoms with Crippen LogP contribution in [0.3, 0.4) is 0 Å². The summed E-state index contributed by atoms with van der Waals surface area (Å²) in [6, 6.07) is 24.9. The molecule has 2 nitrogen and oxygen atoms in total. The molecule has 0 aliphatic heterocycles. The monoisotopic (exact) mass is 400 g/mol. The molecule has 4 N–H and O–H groups in total. The fourth-order valence-electron chi connectivity index (χ4n) is 3.09. The van der Waals surface area contributed by atoms with Gasteiger partial charge >= 0.3 is 0 Å². The number of nitrogen functional groups attached to an aromatic ring is 2. The van der Waals surface area contributed by atoms with Crippen LogP contribution in [-0.2, 0) is 12.2 Å². The van der Waals surface area contributed by atoms with Gasteiger partial charge in [0.25, 0.3) is 0 Å². The van der Waals surface area contributed by atoms with Gasteiger partial charge in [-0.2, -0.15) is 10.5 Å². The van der Waals surface area contributed by atoms with E-state index in [0.29, 0.717) is 0 Å². The third-order valence-corrected chi connectivity index (χ3v) is 5.98. The second-order valence-electron chi connectivity index (χ2n) is 7.09. The largest absolute Gasteiger partial charge is 0.399 e. The number of anilines is 2. The average Bonchev–Trinajstić information content (AvgIpc) is 2.73. The molecule has 148 valence electrons. The average molecular weight is 401 g/mol. The van der Waals surface area contributed by atoms with Crippen LogP contribution in [0.25, 0.3) is 5.57 Å². The Kier molecular flexibility index (Phi) is 7.09. The molecule has 3 aromatic rings. The Bertz CT molecular complexity index is 1010. The van der Waals surface area contributed by atoms with Crippen molar-refractivity contribution >= 4 is 33.3 Å². The van der Waals surface area contributed by atoms with Crippen molar-refractivity contribution < 1.29 is 0 Å². The van der Waals surface area contributed by atoms with Gasteiger partial charge in [0, 0.05) is 17.1 Å². The first kappa shape index (κ1) is 20.7. The summed E-state index contributed by atoms with van der Waals surface area (Å²) in [6.45, 7) is 2.07. The van der Waals surface area contributed by atoms with Crippen molar-refractivity contribution in [3.8, 4) is 0 Å². The van der Waals surface area contributed by atoms with Crippen LogP contribution in [0.4, 0.5) is 11.4 Å². The standard InChI is InChI=1S/C26H28N2S/c1-3-23(16-17-29(2)19-22-8-14-26(28)15-9-22)24-10-4-20(5-11-24)18-21-6-12-25(27)13-7-21/h3-17H,2,18-19,27-28H2,1H3/b17-16-,23-3+. The summed E-state index contributed by atoms with van der Waals surface area (Å²) in [5.74, 6) is 5.22. The molecule has 0 saturated carbocycles. The number of hydrogen-bond acceptors (Lipinski definition) is 2. The van der Waals surface area contributed by atoms with Crippen LogP contribution in [0.2, 0.25) is 0 Å². The summed E-state index contributed by atoms with van der Waals surface area (Å²) >= 11 is 0. The van der Waals surface area contributed by atoms with E-state index in [1.807, 2.05) is 24.3 Å². The van der Waals surface area contributed by atoms with Crippen LogP contribution < -0.4 is 11.5 Å². The summed E-state index contributed by atoms with van der Waals surface area (Å²) in [5.41, 5.74) is 19.4. The zero-order chi connectivity index (χ0) is 20.6. The lowest BCUT2D eigenvalue weighted by Gasteiger charge is -2.07. The van der Waals surface area contributed by atoms with Gasteiger partial charge in [-0.25, -0.2) is 0 Å². The Labute approximate surface area is 176 Å². The topological polar surface area (TPSA) is 52.0 Å². The summed E-state index contributed by atoms with van der Waals surface area (Å²) < 4.78 is 0. The molecule has 0 aliphatic rings. The molecule has 0 spiro atoms. The highest BCUT2D eigenvalue weighted by Gasteiger charge is 2.01. The van der Waals surface area contributed by atoms with Crippen LogP contribution in [0, 0.1) is 0 Å². The van der Waals surface area contributed by atoms with Gasteiger partial charge in [0.15, 0.2) is 0 Å². The SMILES string of the molecule is C=S(/C=C\C(=C/C)c1ccc(Cc2ccc(N)cc2)cc1)Cc1ccc(N)cc1. The van der Waals surface area contributed by atoms with E-state index in [9.17, 15) is 0 Å². The number of allylic oxidation sites excluding steroid dienone is 3. The van der Waals surface area contributed by atoms with E-state index in [4.69, 9.17) is 11.5 Å². The first-order valence-electron chi connectivity index (χ1n) is 9.65. The zero-order valence-electron chi connectivity index (χ0n) is 16.8. The van der Waals surface area contributed by atoms with Gasteiger partial charge in [-0.15, -0.1) is 0 Å². The zero-order valence-corrected chi connectivity index (χ0v) is 17.7. The van der Waals surface area contributed by atoms with Gasteiger partial charge < -0.3 is 11.5 Å². The lowest BCUT2D eigenvalue weighted by molar-refractivity contribution is 1.19. The molecule has 3 aromatic carbocycles. The molecule has 0 amide bonds. The molecule has 1 atom stereocenters. The number of hydrogen-bond donors (Lipinski definition) is 2. The van der Waals surface area contributed by atoms with Crippen LogP contribution in [-0.4, -0.2) is 5.87 Å². The summed E-state index contributed by atoms with van der Waals surface area (Å²) in [4.78, 5) is 0. The molecule has 0 radical (unpaired) electrons. The van der Waals surface area contributed by atoms with Crippen LogP contribution in [0.15, 0.2) is 90.4 Å². The van der Waals surface area contributed by atoms with Crippen molar-refractivity contribution in [2.45, 2.75) is 19.1 Å². The molecule has 1 unspecified atom stereocenters. The summed E-state index contributed by atoms with van der Waals surface area (Å²) in [5, 5.41) is 2.20. The Morgan fingerprint density at radius 3 is 1.79 bits per heavy atom. The minimum atomic E-state index is -0.0789. The van der Waals surface area contributed by atoms with E-state index in [1.54, 1.807) is 0 Å². The highest BCUT2D eigenvalue weighted by atomic mass is 32.2. The molecular formula is C26H28N2S. The fraction of sp³-hybridized carbons (Fsp3) is 0.115. The van der Waals surface area contributed by atoms with Crippen LogP contribution in [0.5, 0.6) is 0 Å². The van der Waals surface area contributed by atoms with Crippen molar-refractivity contribution in [2.24, 2.45) is 0 Å². The predicted octanol–water partition coefficient (Wildman–Crippen LogP) is 6.26. The second kappa shape index (κ2) is 9.94. The molecule has 0 fully saturated rings. The van der Waals surface area contributed by atoms with E-state index in [0.717, 1.165) is 23.5 Å². The minimum absolute atomic E-state index is 0.0789. The number of benzene rings is 3.